The van der Waals surface area contributed by atoms with Gasteiger partial charge in [0.05, 0.1) is 23.3 Å². The summed E-state index contributed by atoms with van der Waals surface area (Å²) in [6.07, 6.45) is 0. The van der Waals surface area contributed by atoms with Gasteiger partial charge in [0.2, 0.25) is 0 Å². The first-order valence-corrected chi connectivity index (χ1v) is 12.1. The van der Waals surface area contributed by atoms with Gasteiger partial charge in [0.25, 0.3) is 0 Å². The lowest BCUT2D eigenvalue weighted by Gasteiger charge is -2.08. The van der Waals surface area contributed by atoms with Gasteiger partial charge in [-0.15, -0.1) is 0 Å². The smallest absolute Gasteiger partial charge is 0.207 e. The predicted molar refractivity (Wildman–Crippen MR) is 142 cm³/mol. The zero-order valence-corrected chi connectivity index (χ0v) is 20.7. The second kappa shape index (κ2) is 9.75. The summed E-state index contributed by atoms with van der Waals surface area (Å²) < 4.78 is 6.47. The van der Waals surface area contributed by atoms with Crippen LogP contribution in [0.5, 0.6) is 0 Å². The van der Waals surface area contributed by atoms with Crippen LogP contribution in [0.4, 0.5) is 0 Å². The Labute approximate surface area is 199 Å². The van der Waals surface area contributed by atoms with Gasteiger partial charge in [0.1, 0.15) is 0 Å². The monoisotopic (exact) mass is 435 g/mol. The van der Waals surface area contributed by atoms with Gasteiger partial charge in [-0.05, 0) is 64.3 Å². The maximum Gasteiger partial charge on any atom is 0.361 e. The zero-order valence-electron chi connectivity index (χ0n) is 20.7. The van der Waals surface area contributed by atoms with Crippen LogP contribution in [0.15, 0.2) is 89.3 Å². The van der Waals surface area contributed by atoms with Gasteiger partial charge < -0.3 is 0 Å². The minimum atomic E-state index is 0.511. The standard InChI is InChI=1S/C32H35O/c1-21(2)24-7-13-27(14-8-24)30-19-31(28-15-9-25(10-16-28)22(3)4)33-32(20-30)29-17-11-26(12-18-29)23(5)6/h7-23H,1-6H3/q+1. The molecule has 0 saturated heterocycles. The Hall–Kier alpha value is -3.19. The summed E-state index contributed by atoms with van der Waals surface area (Å²) in [6, 6.07) is 30.8. The van der Waals surface area contributed by atoms with Crippen molar-refractivity contribution < 1.29 is 4.42 Å². The van der Waals surface area contributed by atoms with Crippen molar-refractivity contribution in [2.45, 2.75) is 59.3 Å². The summed E-state index contributed by atoms with van der Waals surface area (Å²) in [6.45, 7) is 13.3. The van der Waals surface area contributed by atoms with Crippen LogP contribution in [0.25, 0.3) is 33.8 Å². The van der Waals surface area contributed by atoms with E-state index in [0.717, 1.165) is 22.6 Å². The second-order valence-corrected chi connectivity index (χ2v) is 9.90. The molecule has 0 unspecified atom stereocenters. The van der Waals surface area contributed by atoms with E-state index >= 15 is 0 Å². The van der Waals surface area contributed by atoms with E-state index in [0.29, 0.717) is 17.8 Å². The van der Waals surface area contributed by atoms with Gasteiger partial charge in [-0.2, -0.15) is 0 Å². The average molecular weight is 436 g/mol. The molecule has 4 aromatic rings. The summed E-state index contributed by atoms with van der Waals surface area (Å²) >= 11 is 0. The van der Waals surface area contributed by atoms with E-state index < -0.39 is 0 Å². The Kier molecular flexibility index (Phi) is 6.79. The summed E-state index contributed by atoms with van der Waals surface area (Å²) in [4.78, 5) is 0. The molecule has 0 spiro atoms. The molecule has 0 radical (unpaired) electrons. The highest BCUT2D eigenvalue weighted by atomic mass is 16.3. The van der Waals surface area contributed by atoms with Crippen LogP contribution in [-0.4, -0.2) is 0 Å². The van der Waals surface area contributed by atoms with Crippen LogP contribution < -0.4 is 0 Å². The molecule has 0 N–H and O–H groups in total. The fraction of sp³-hybridized carbons (Fsp3) is 0.281. The highest BCUT2D eigenvalue weighted by Crippen LogP contribution is 2.34. The van der Waals surface area contributed by atoms with E-state index in [1.807, 2.05) is 0 Å². The molecule has 168 valence electrons. The minimum absolute atomic E-state index is 0.511. The molecule has 4 rings (SSSR count). The first kappa shape index (κ1) is 23.0. The first-order chi connectivity index (χ1) is 15.8. The molecule has 1 heterocycles. The SMILES string of the molecule is CC(C)c1ccc(-c2cc(-c3ccc(C(C)C)cc3)[o+]c(-c3ccc(C(C)C)cc3)c2)cc1. The highest BCUT2D eigenvalue weighted by Gasteiger charge is 2.21. The Morgan fingerprint density at radius 3 is 1.00 bits per heavy atom. The highest BCUT2D eigenvalue weighted by molar-refractivity contribution is 5.74. The number of rotatable bonds is 6. The molecule has 0 atom stereocenters. The first-order valence-electron chi connectivity index (χ1n) is 12.1. The van der Waals surface area contributed by atoms with Crippen molar-refractivity contribution in [3.63, 3.8) is 0 Å². The minimum Gasteiger partial charge on any atom is -0.207 e. The van der Waals surface area contributed by atoms with Crippen LogP contribution in [0.3, 0.4) is 0 Å². The summed E-state index contributed by atoms with van der Waals surface area (Å²) in [5.41, 5.74) is 8.60. The third-order valence-corrected chi connectivity index (χ3v) is 6.43. The number of hydrogen-bond acceptors (Lipinski definition) is 0. The fourth-order valence-corrected chi connectivity index (χ4v) is 4.08. The van der Waals surface area contributed by atoms with Crippen molar-refractivity contribution in [2.75, 3.05) is 0 Å². The van der Waals surface area contributed by atoms with Crippen LogP contribution >= 0.6 is 0 Å². The molecule has 3 aromatic carbocycles. The topological polar surface area (TPSA) is 11.3 Å². The molecule has 0 saturated carbocycles. The number of hydrogen-bond donors (Lipinski definition) is 0. The lowest BCUT2D eigenvalue weighted by molar-refractivity contribution is 0.582. The Bertz CT molecular complexity index is 1030. The van der Waals surface area contributed by atoms with Gasteiger partial charge >= 0.3 is 11.5 Å². The maximum absolute atomic E-state index is 6.47. The molecule has 0 bridgehead atoms. The van der Waals surface area contributed by atoms with E-state index in [1.54, 1.807) is 0 Å². The molecular weight excluding hydrogens is 400 g/mol. The lowest BCUT2D eigenvalue weighted by atomic mass is 9.96. The largest absolute Gasteiger partial charge is 0.361 e. The molecule has 0 fully saturated rings. The normalized spacial score (nSPS) is 11.5. The van der Waals surface area contributed by atoms with E-state index in [9.17, 15) is 0 Å². The molecule has 1 heteroatoms. The molecule has 1 aromatic heterocycles. The molecule has 0 amide bonds. The third kappa shape index (κ3) is 5.25. The van der Waals surface area contributed by atoms with Crippen molar-refractivity contribution in [3.05, 3.63) is 102 Å². The van der Waals surface area contributed by atoms with E-state index in [1.165, 1.54) is 27.8 Å². The molecule has 33 heavy (non-hydrogen) atoms. The van der Waals surface area contributed by atoms with Crippen molar-refractivity contribution in [3.8, 4) is 33.8 Å². The van der Waals surface area contributed by atoms with Gasteiger partial charge in [-0.1, -0.05) is 90.1 Å². The Morgan fingerprint density at radius 2 is 0.697 bits per heavy atom. The molecule has 0 aliphatic carbocycles. The van der Waals surface area contributed by atoms with Gasteiger partial charge in [0, 0.05) is 5.56 Å². The van der Waals surface area contributed by atoms with Crippen molar-refractivity contribution >= 4 is 0 Å². The molecule has 0 aliphatic heterocycles. The lowest BCUT2D eigenvalue weighted by Crippen LogP contribution is -1.90. The van der Waals surface area contributed by atoms with Crippen molar-refractivity contribution in [2.24, 2.45) is 0 Å². The van der Waals surface area contributed by atoms with E-state index in [2.05, 4.69) is 126 Å². The summed E-state index contributed by atoms with van der Waals surface area (Å²) in [5, 5.41) is 0. The van der Waals surface area contributed by atoms with Crippen LogP contribution in [0.2, 0.25) is 0 Å². The van der Waals surface area contributed by atoms with Crippen LogP contribution in [-0.2, 0) is 0 Å². The summed E-state index contributed by atoms with van der Waals surface area (Å²) in [7, 11) is 0. The van der Waals surface area contributed by atoms with Gasteiger partial charge in [0.15, 0.2) is 0 Å². The van der Waals surface area contributed by atoms with Gasteiger partial charge in [-0.25, -0.2) is 4.42 Å². The Balaban J connectivity index is 1.81. The fourth-order valence-electron chi connectivity index (χ4n) is 4.08. The summed E-state index contributed by atoms with van der Waals surface area (Å²) in [5.74, 6) is 3.32. The quantitative estimate of drug-likeness (QED) is 0.274. The Morgan fingerprint density at radius 1 is 0.394 bits per heavy atom. The van der Waals surface area contributed by atoms with Crippen LogP contribution in [0.1, 0.15) is 76.0 Å². The van der Waals surface area contributed by atoms with E-state index in [-0.39, 0.29) is 0 Å². The molecular formula is C32H35O+. The van der Waals surface area contributed by atoms with E-state index in [4.69, 9.17) is 4.42 Å². The molecule has 1 nitrogen and oxygen atoms in total. The van der Waals surface area contributed by atoms with Crippen LogP contribution in [0, 0.1) is 0 Å². The predicted octanol–water partition coefficient (Wildman–Crippen LogP) is 9.93. The van der Waals surface area contributed by atoms with Gasteiger partial charge in [-0.3, -0.25) is 0 Å². The number of benzene rings is 3. The van der Waals surface area contributed by atoms with Crippen molar-refractivity contribution in [1.29, 1.82) is 0 Å². The maximum atomic E-state index is 6.47. The molecule has 0 aliphatic rings. The zero-order chi connectivity index (χ0) is 23.5. The van der Waals surface area contributed by atoms with Crippen molar-refractivity contribution in [1.82, 2.24) is 0 Å². The second-order valence-electron chi connectivity index (χ2n) is 9.90. The third-order valence-electron chi connectivity index (χ3n) is 6.43. The average Bonchev–Trinajstić information content (AvgIpc) is 2.84.